The number of nitrogens with one attached hydrogen (secondary N) is 1. The van der Waals surface area contributed by atoms with E-state index in [4.69, 9.17) is 0 Å². The molecular weight excluding hydrogens is 220 g/mol. The summed E-state index contributed by atoms with van der Waals surface area (Å²) in [4.78, 5) is 2.79. The SMILES string of the molecule is CC(C)(C)CC1CCC2(CNC2)CN1C(C)(C)C. The Hall–Kier alpha value is -0.0800. The molecule has 0 radical (unpaired) electrons. The van der Waals surface area contributed by atoms with E-state index in [9.17, 15) is 0 Å². The van der Waals surface area contributed by atoms with E-state index in [1.807, 2.05) is 0 Å². The van der Waals surface area contributed by atoms with Gasteiger partial charge in [0.15, 0.2) is 0 Å². The first-order chi connectivity index (χ1) is 8.11. The van der Waals surface area contributed by atoms with E-state index in [1.54, 1.807) is 0 Å². The lowest BCUT2D eigenvalue weighted by atomic mass is 9.70. The van der Waals surface area contributed by atoms with E-state index >= 15 is 0 Å². The van der Waals surface area contributed by atoms with Gasteiger partial charge in [0.2, 0.25) is 0 Å². The molecule has 106 valence electrons. The van der Waals surface area contributed by atoms with Crippen molar-refractivity contribution in [2.45, 2.75) is 72.4 Å². The van der Waals surface area contributed by atoms with Gasteiger partial charge in [-0.25, -0.2) is 0 Å². The number of nitrogens with zero attached hydrogens (tertiary/aromatic N) is 1. The summed E-state index contributed by atoms with van der Waals surface area (Å²) in [6.45, 7) is 18.1. The van der Waals surface area contributed by atoms with E-state index in [0.29, 0.717) is 16.4 Å². The first-order valence-corrected chi connectivity index (χ1v) is 7.59. The minimum atomic E-state index is 0.304. The normalized spacial score (nSPS) is 29.3. The van der Waals surface area contributed by atoms with E-state index in [1.165, 1.54) is 38.9 Å². The Labute approximate surface area is 114 Å². The fourth-order valence-electron chi connectivity index (χ4n) is 3.67. The van der Waals surface area contributed by atoms with Gasteiger partial charge in [-0.1, -0.05) is 20.8 Å². The zero-order chi connectivity index (χ0) is 13.6. The predicted molar refractivity (Wildman–Crippen MR) is 78.9 cm³/mol. The first-order valence-electron chi connectivity index (χ1n) is 7.59. The van der Waals surface area contributed by atoms with Gasteiger partial charge in [-0.15, -0.1) is 0 Å². The fourth-order valence-corrected chi connectivity index (χ4v) is 3.67. The van der Waals surface area contributed by atoms with Gasteiger partial charge in [0, 0.05) is 36.6 Å². The van der Waals surface area contributed by atoms with Crippen LogP contribution < -0.4 is 5.32 Å². The quantitative estimate of drug-likeness (QED) is 0.770. The minimum absolute atomic E-state index is 0.304. The molecule has 0 aromatic carbocycles. The third-order valence-corrected chi connectivity index (χ3v) is 4.66. The Morgan fingerprint density at radius 1 is 1.11 bits per heavy atom. The molecule has 0 aromatic heterocycles. The highest BCUT2D eigenvalue weighted by molar-refractivity contribution is 5.02. The van der Waals surface area contributed by atoms with Crippen LogP contribution in [0.25, 0.3) is 0 Å². The van der Waals surface area contributed by atoms with Gasteiger partial charge in [0.05, 0.1) is 0 Å². The second-order valence-electron chi connectivity index (χ2n) is 8.86. The maximum Gasteiger partial charge on any atom is 0.0128 e. The van der Waals surface area contributed by atoms with Crippen LogP contribution in [-0.2, 0) is 0 Å². The summed E-state index contributed by atoms with van der Waals surface area (Å²) in [5.41, 5.74) is 1.34. The molecule has 1 N–H and O–H groups in total. The minimum Gasteiger partial charge on any atom is -0.315 e. The van der Waals surface area contributed by atoms with Crippen LogP contribution in [-0.4, -0.2) is 36.1 Å². The Morgan fingerprint density at radius 3 is 2.11 bits per heavy atom. The van der Waals surface area contributed by atoms with Crippen LogP contribution in [0.5, 0.6) is 0 Å². The van der Waals surface area contributed by atoms with Crippen molar-refractivity contribution >= 4 is 0 Å². The van der Waals surface area contributed by atoms with Crippen molar-refractivity contribution in [1.82, 2.24) is 10.2 Å². The Kier molecular flexibility index (Phi) is 3.57. The fraction of sp³-hybridized carbons (Fsp3) is 1.00. The second kappa shape index (κ2) is 4.49. The molecule has 0 bridgehead atoms. The monoisotopic (exact) mass is 252 g/mol. The Balaban J connectivity index is 2.10. The molecule has 0 aromatic rings. The van der Waals surface area contributed by atoms with Crippen LogP contribution in [0.3, 0.4) is 0 Å². The zero-order valence-corrected chi connectivity index (χ0v) is 13.3. The van der Waals surface area contributed by atoms with Crippen molar-refractivity contribution in [1.29, 1.82) is 0 Å². The standard InChI is InChI=1S/C16H32N2/c1-14(2,3)9-13-7-8-16(10-17-11-16)12-18(13)15(4,5)6/h13,17H,7-12H2,1-6H3. The Bertz CT molecular complexity index is 291. The summed E-state index contributed by atoms with van der Waals surface area (Å²) in [5.74, 6) is 0. The maximum absolute atomic E-state index is 3.48. The van der Waals surface area contributed by atoms with Gasteiger partial charge >= 0.3 is 0 Å². The predicted octanol–water partition coefficient (Wildman–Crippen LogP) is 3.28. The summed E-state index contributed by atoms with van der Waals surface area (Å²) in [5, 5.41) is 3.48. The topological polar surface area (TPSA) is 15.3 Å². The van der Waals surface area contributed by atoms with Crippen LogP contribution in [0.1, 0.15) is 60.8 Å². The van der Waals surface area contributed by atoms with Crippen molar-refractivity contribution < 1.29 is 0 Å². The molecular formula is C16H32N2. The van der Waals surface area contributed by atoms with Crippen LogP contribution in [0.4, 0.5) is 0 Å². The van der Waals surface area contributed by atoms with Crippen molar-refractivity contribution in [3.8, 4) is 0 Å². The lowest BCUT2D eigenvalue weighted by Crippen LogP contribution is -2.66. The van der Waals surface area contributed by atoms with E-state index in [2.05, 4.69) is 51.8 Å². The maximum atomic E-state index is 3.48. The van der Waals surface area contributed by atoms with Crippen LogP contribution in [0.2, 0.25) is 0 Å². The molecule has 18 heavy (non-hydrogen) atoms. The molecule has 2 rings (SSSR count). The molecule has 2 heteroatoms. The number of rotatable bonds is 1. The lowest BCUT2D eigenvalue weighted by Gasteiger charge is -2.56. The van der Waals surface area contributed by atoms with Crippen LogP contribution in [0, 0.1) is 10.8 Å². The van der Waals surface area contributed by atoms with Crippen molar-refractivity contribution in [2.75, 3.05) is 19.6 Å². The molecule has 0 aliphatic carbocycles. The lowest BCUT2D eigenvalue weighted by molar-refractivity contribution is -0.0521. The summed E-state index contributed by atoms with van der Waals surface area (Å²) >= 11 is 0. The molecule has 2 heterocycles. The highest BCUT2D eigenvalue weighted by atomic mass is 15.2. The molecule has 2 nitrogen and oxygen atoms in total. The largest absolute Gasteiger partial charge is 0.315 e. The molecule has 2 aliphatic rings. The van der Waals surface area contributed by atoms with Crippen molar-refractivity contribution in [2.24, 2.45) is 10.8 Å². The average molecular weight is 252 g/mol. The van der Waals surface area contributed by atoms with E-state index < -0.39 is 0 Å². The average Bonchev–Trinajstić information content (AvgIpc) is 2.11. The molecule has 2 saturated heterocycles. The van der Waals surface area contributed by atoms with Crippen molar-refractivity contribution in [3.05, 3.63) is 0 Å². The van der Waals surface area contributed by atoms with Gasteiger partial charge < -0.3 is 5.32 Å². The molecule has 0 saturated carbocycles. The number of piperidine rings is 1. The van der Waals surface area contributed by atoms with Crippen LogP contribution in [0.15, 0.2) is 0 Å². The smallest absolute Gasteiger partial charge is 0.0128 e. The molecule has 2 aliphatic heterocycles. The van der Waals surface area contributed by atoms with Gasteiger partial charge in [-0.2, -0.15) is 0 Å². The molecule has 2 fully saturated rings. The first kappa shape index (κ1) is 14.3. The Morgan fingerprint density at radius 2 is 1.72 bits per heavy atom. The second-order valence-corrected chi connectivity index (χ2v) is 8.86. The molecule has 0 amide bonds. The van der Waals surface area contributed by atoms with E-state index in [-0.39, 0.29) is 0 Å². The molecule has 1 atom stereocenters. The summed E-state index contributed by atoms with van der Waals surface area (Å²) in [7, 11) is 0. The third kappa shape index (κ3) is 3.08. The number of hydrogen-bond donors (Lipinski definition) is 1. The van der Waals surface area contributed by atoms with Gasteiger partial charge in [-0.05, 0) is 45.4 Å². The zero-order valence-electron chi connectivity index (χ0n) is 13.3. The van der Waals surface area contributed by atoms with Gasteiger partial charge in [0.25, 0.3) is 0 Å². The summed E-state index contributed by atoms with van der Waals surface area (Å²) in [6, 6.07) is 0.774. The summed E-state index contributed by atoms with van der Waals surface area (Å²) in [6.07, 6.45) is 4.14. The number of likely N-dealkylation sites (tertiary alicyclic amines) is 1. The van der Waals surface area contributed by atoms with E-state index in [0.717, 1.165) is 6.04 Å². The third-order valence-electron chi connectivity index (χ3n) is 4.66. The molecule has 1 unspecified atom stereocenters. The summed E-state index contributed by atoms with van der Waals surface area (Å²) < 4.78 is 0. The highest BCUT2D eigenvalue weighted by Crippen LogP contribution is 2.42. The van der Waals surface area contributed by atoms with Gasteiger partial charge in [-0.3, -0.25) is 4.90 Å². The van der Waals surface area contributed by atoms with Gasteiger partial charge in [0.1, 0.15) is 0 Å². The highest BCUT2D eigenvalue weighted by Gasteiger charge is 2.46. The van der Waals surface area contributed by atoms with Crippen LogP contribution >= 0.6 is 0 Å². The number of hydrogen-bond acceptors (Lipinski definition) is 2. The van der Waals surface area contributed by atoms with Crippen molar-refractivity contribution in [3.63, 3.8) is 0 Å². The molecule has 1 spiro atoms.